The topological polar surface area (TPSA) is 55.6 Å². The molecule has 49 heavy (non-hydrogen) atoms. The molecule has 5 nitrogen and oxygen atoms in total. The molecule has 0 amide bonds. The number of hydrogen-bond donors (Lipinski definition) is 1. The molecule has 232 valence electrons. The first-order chi connectivity index (χ1) is 24.3. The van der Waals surface area contributed by atoms with E-state index >= 15 is 0 Å². The van der Waals surface area contributed by atoms with E-state index < -0.39 is 0 Å². The zero-order valence-corrected chi connectivity index (χ0v) is 26.5. The van der Waals surface area contributed by atoms with Gasteiger partial charge in [-0.15, -0.1) is 0 Å². The van der Waals surface area contributed by atoms with Gasteiger partial charge in [-0.25, -0.2) is 4.99 Å². The average Bonchev–Trinajstić information content (AvgIpc) is 3.84. The van der Waals surface area contributed by atoms with E-state index in [0.29, 0.717) is 0 Å². The van der Waals surface area contributed by atoms with Crippen LogP contribution in [-0.4, -0.2) is 10.3 Å². The zero-order chi connectivity index (χ0) is 32.1. The molecule has 11 rings (SSSR count). The molecule has 6 aromatic carbocycles. The second-order valence-electron chi connectivity index (χ2n) is 13.0. The van der Waals surface area contributed by atoms with E-state index in [1.807, 2.05) is 12.1 Å². The van der Waals surface area contributed by atoms with E-state index in [-0.39, 0.29) is 6.29 Å². The van der Waals surface area contributed by atoms with Gasteiger partial charge in [-0.2, -0.15) is 0 Å². The molecular weight excluding hydrogens is 603 g/mol. The van der Waals surface area contributed by atoms with Gasteiger partial charge in [0.2, 0.25) is 6.29 Å². The molecule has 1 aliphatic heterocycles. The second-order valence-corrected chi connectivity index (χ2v) is 13.0. The standard InChI is InChI=1S/C44H29N3O2/c1-2-11-26(12-3-1)41-33-15-4-7-18-35(33)45-44(46-41)47-36-24-23-32-30-14-6-9-20-39(30)49-43(32)40(36)34-22-21-27(25-37(34)47)28-16-10-17-31-29-13-5-8-19-38(29)48-42(28)31/h1-22,25,44-45H,23-24H2. The molecule has 5 heteroatoms. The van der Waals surface area contributed by atoms with Crippen LogP contribution in [0.3, 0.4) is 0 Å². The summed E-state index contributed by atoms with van der Waals surface area (Å²) >= 11 is 0. The predicted molar refractivity (Wildman–Crippen MR) is 198 cm³/mol. The third-order valence-corrected chi connectivity index (χ3v) is 10.4. The van der Waals surface area contributed by atoms with Crippen molar-refractivity contribution < 1.29 is 8.83 Å². The second kappa shape index (κ2) is 10.1. The molecule has 0 saturated heterocycles. The van der Waals surface area contributed by atoms with Crippen molar-refractivity contribution in [3.05, 3.63) is 162 Å². The number of fused-ring (bicyclic) bond motifs is 11. The van der Waals surface area contributed by atoms with Crippen molar-refractivity contribution in [2.24, 2.45) is 4.99 Å². The summed E-state index contributed by atoms with van der Waals surface area (Å²) in [5.74, 6) is 0.974. The fourth-order valence-corrected chi connectivity index (χ4v) is 8.20. The number of benzene rings is 6. The smallest absolute Gasteiger partial charge is 0.201 e. The molecule has 1 atom stereocenters. The summed E-state index contributed by atoms with van der Waals surface area (Å²) in [5.41, 5.74) is 14.0. The van der Waals surface area contributed by atoms with Crippen molar-refractivity contribution in [2.75, 3.05) is 5.32 Å². The first-order valence-electron chi connectivity index (χ1n) is 16.9. The SMILES string of the molecule is c1ccc(C2=NC(n3c4c(c5ccc(-c6cccc7c6oc6ccccc67)cc53)-c3oc5ccccc5c3CC4)Nc3ccccc32)cc1. The maximum Gasteiger partial charge on any atom is 0.201 e. The van der Waals surface area contributed by atoms with Crippen molar-refractivity contribution >= 4 is 55.2 Å². The van der Waals surface area contributed by atoms with Crippen molar-refractivity contribution in [3.63, 3.8) is 0 Å². The highest BCUT2D eigenvalue weighted by Gasteiger charge is 2.33. The molecule has 0 bridgehead atoms. The average molecular weight is 632 g/mol. The summed E-state index contributed by atoms with van der Waals surface area (Å²) < 4.78 is 15.6. The zero-order valence-electron chi connectivity index (χ0n) is 26.5. The first-order valence-corrected chi connectivity index (χ1v) is 16.9. The van der Waals surface area contributed by atoms with Gasteiger partial charge in [-0.1, -0.05) is 115 Å². The summed E-state index contributed by atoms with van der Waals surface area (Å²) in [7, 11) is 0. The normalized spacial score (nSPS) is 15.3. The van der Waals surface area contributed by atoms with Crippen LogP contribution in [0.2, 0.25) is 0 Å². The lowest BCUT2D eigenvalue weighted by Gasteiger charge is -2.29. The van der Waals surface area contributed by atoms with Gasteiger partial charge < -0.3 is 18.7 Å². The van der Waals surface area contributed by atoms with E-state index in [2.05, 4.69) is 137 Å². The fourth-order valence-electron chi connectivity index (χ4n) is 8.20. The van der Waals surface area contributed by atoms with Crippen LogP contribution in [-0.2, 0) is 12.8 Å². The van der Waals surface area contributed by atoms with Crippen LogP contribution < -0.4 is 5.32 Å². The van der Waals surface area contributed by atoms with Gasteiger partial charge in [0.1, 0.15) is 22.5 Å². The number of para-hydroxylation sites is 4. The molecule has 1 N–H and O–H groups in total. The van der Waals surface area contributed by atoms with Crippen LogP contribution in [0.15, 0.2) is 153 Å². The molecule has 0 spiro atoms. The Bertz CT molecular complexity index is 2820. The lowest BCUT2D eigenvalue weighted by atomic mass is 9.92. The highest BCUT2D eigenvalue weighted by Crippen LogP contribution is 2.48. The number of aliphatic imine (C=N–C) groups is 1. The van der Waals surface area contributed by atoms with Gasteiger partial charge in [0.15, 0.2) is 0 Å². The molecule has 1 aliphatic carbocycles. The van der Waals surface area contributed by atoms with Crippen molar-refractivity contribution in [1.82, 2.24) is 4.57 Å². The van der Waals surface area contributed by atoms with Gasteiger partial charge in [-0.05, 0) is 42.7 Å². The molecule has 1 unspecified atom stereocenters. The Labute approximate surface area is 281 Å². The minimum absolute atomic E-state index is 0.362. The fraction of sp³-hybridized carbons (Fsp3) is 0.0682. The number of aromatic nitrogens is 1. The number of anilines is 1. The van der Waals surface area contributed by atoms with Crippen LogP contribution in [0.1, 0.15) is 28.7 Å². The Hall–Kier alpha value is -6.33. The van der Waals surface area contributed by atoms with Gasteiger partial charge in [0.25, 0.3) is 0 Å². The van der Waals surface area contributed by atoms with E-state index in [1.165, 1.54) is 16.6 Å². The third-order valence-electron chi connectivity index (χ3n) is 10.4. The quantitative estimate of drug-likeness (QED) is 0.211. The maximum absolute atomic E-state index is 6.69. The number of nitrogens with one attached hydrogen (secondary N) is 1. The summed E-state index contributed by atoms with van der Waals surface area (Å²) in [6.07, 6.45) is 1.42. The van der Waals surface area contributed by atoms with Crippen LogP contribution >= 0.6 is 0 Å². The van der Waals surface area contributed by atoms with Crippen molar-refractivity contribution in [1.29, 1.82) is 0 Å². The highest BCUT2D eigenvalue weighted by atomic mass is 16.3. The third kappa shape index (κ3) is 3.84. The molecule has 0 radical (unpaired) electrons. The van der Waals surface area contributed by atoms with Crippen molar-refractivity contribution in [2.45, 2.75) is 19.1 Å². The van der Waals surface area contributed by atoms with E-state index in [9.17, 15) is 0 Å². The molecule has 3 aromatic heterocycles. The number of nitrogens with zero attached hydrogens (tertiary/aromatic N) is 2. The van der Waals surface area contributed by atoms with Gasteiger partial charge >= 0.3 is 0 Å². The number of furan rings is 2. The van der Waals surface area contributed by atoms with Crippen LogP contribution in [0.4, 0.5) is 5.69 Å². The Balaban J connectivity index is 1.19. The lowest BCUT2D eigenvalue weighted by Crippen LogP contribution is -2.26. The first kappa shape index (κ1) is 26.7. The number of hydrogen-bond acceptors (Lipinski definition) is 4. The van der Waals surface area contributed by atoms with E-state index in [4.69, 9.17) is 13.8 Å². The molecule has 4 heterocycles. The maximum atomic E-state index is 6.69. The van der Waals surface area contributed by atoms with E-state index in [0.717, 1.165) is 96.2 Å². The molecule has 0 fully saturated rings. The number of aryl methyl sites for hydroxylation is 1. The Kier molecular flexibility index (Phi) is 5.50. The van der Waals surface area contributed by atoms with Crippen molar-refractivity contribution in [3.8, 4) is 22.5 Å². The number of rotatable bonds is 3. The van der Waals surface area contributed by atoms with E-state index in [1.54, 1.807) is 0 Å². The predicted octanol–water partition coefficient (Wildman–Crippen LogP) is 11.1. The lowest BCUT2D eigenvalue weighted by molar-refractivity contribution is 0.570. The minimum Gasteiger partial charge on any atom is -0.456 e. The van der Waals surface area contributed by atoms with Crippen LogP contribution in [0, 0.1) is 0 Å². The van der Waals surface area contributed by atoms with Gasteiger partial charge in [0.05, 0.1) is 11.2 Å². The van der Waals surface area contributed by atoms with Crippen LogP contribution in [0.5, 0.6) is 0 Å². The Morgan fingerprint density at radius 2 is 1.33 bits per heavy atom. The highest BCUT2D eigenvalue weighted by molar-refractivity contribution is 6.17. The van der Waals surface area contributed by atoms with Gasteiger partial charge in [-0.3, -0.25) is 0 Å². The Morgan fingerprint density at radius 3 is 2.22 bits per heavy atom. The van der Waals surface area contributed by atoms with Gasteiger partial charge in [0, 0.05) is 60.7 Å². The summed E-state index contributed by atoms with van der Waals surface area (Å²) in [6, 6.07) is 48.9. The Morgan fingerprint density at radius 1 is 0.592 bits per heavy atom. The summed E-state index contributed by atoms with van der Waals surface area (Å²) in [5, 5.41) is 8.44. The minimum atomic E-state index is -0.362. The van der Waals surface area contributed by atoms with Crippen LogP contribution in [0.25, 0.3) is 66.3 Å². The summed E-state index contributed by atoms with van der Waals surface area (Å²) in [4.78, 5) is 5.49. The molecule has 2 aliphatic rings. The largest absolute Gasteiger partial charge is 0.456 e. The molecular formula is C44H29N3O2. The monoisotopic (exact) mass is 631 g/mol. The molecule has 9 aromatic rings. The summed E-state index contributed by atoms with van der Waals surface area (Å²) in [6.45, 7) is 0. The molecule has 0 saturated carbocycles.